The molecule has 0 saturated carbocycles. The number of sulfonamides is 1. The third-order valence-electron chi connectivity index (χ3n) is 3.97. The third kappa shape index (κ3) is 5.00. The summed E-state index contributed by atoms with van der Waals surface area (Å²) >= 11 is 3.27. The van der Waals surface area contributed by atoms with Crippen molar-refractivity contribution in [2.45, 2.75) is 23.8 Å². The highest BCUT2D eigenvalue weighted by Gasteiger charge is 2.24. The van der Waals surface area contributed by atoms with Crippen LogP contribution in [0.5, 0.6) is 0 Å². The Morgan fingerprint density at radius 2 is 1.87 bits per heavy atom. The Balaban J connectivity index is 1.93. The predicted molar refractivity (Wildman–Crippen MR) is 92.6 cm³/mol. The average molecular weight is 404 g/mol. The number of carbonyl (C=O) groups is 1. The first kappa shape index (κ1) is 18.4. The van der Waals surface area contributed by atoms with Gasteiger partial charge in [0.25, 0.3) is 0 Å². The monoisotopic (exact) mass is 403 g/mol. The fraction of sp³-hybridized carbons (Fsp3) is 0.533. The molecular weight excluding hydrogens is 382 g/mol. The van der Waals surface area contributed by atoms with Gasteiger partial charge in [-0.3, -0.25) is 4.79 Å². The molecule has 1 fully saturated rings. The quantitative estimate of drug-likeness (QED) is 0.803. The zero-order chi connectivity index (χ0) is 17.0. The van der Waals surface area contributed by atoms with E-state index in [2.05, 4.69) is 33.2 Å². The van der Waals surface area contributed by atoms with E-state index in [9.17, 15) is 13.2 Å². The second-order valence-electron chi connectivity index (χ2n) is 5.86. The van der Waals surface area contributed by atoms with Crippen molar-refractivity contribution in [3.8, 4) is 0 Å². The zero-order valence-electron chi connectivity index (χ0n) is 13.3. The van der Waals surface area contributed by atoms with Crippen molar-refractivity contribution < 1.29 is 13.2 Å². The van der Waals surface area contributed by atoms with Gasteiger partial charge in [0.2, 0.25) is 15.9 Å². The summed E-state index contributed by atoms with van der Waals surface area (Å²) in [7, 11) is -0.183. The number of amides is 1. The van der Waals surface area contributed by atoms with E-state index < -0.39 is 10.0 Å². The SMILES string of the molecule is CN1CCC(NC(=O)CN(C)S(=O)(=O)c2ccc(Br)cc2)CC1. The molecule has 0 aromatic heterocycles. The highest BCUT2D eigenvalue weighted by molar-refractivity contribution is 9.10. The Morgan fingerprint density at radius 3 is 2.43 bits per heavy atom. The molecule has 2 rings (SSSR count). The smallest absolute Gasteiger partial charge is 0.243 e. The lowest BCUT2D eigenvalue weighted by Gasteiger charge is -2.29. The summed E-state index contributed by atoms with van der Waals surface area (Å²) in [4.78, 5) is 14.5. The Bertz CT molecular complexity index is 640. The van der Waals surface area contributed by atoms with Crippen molar-refractivity contribution >= 4 is 31.9 Å². The Morgan fingerprint density at radius 1 is 1.30 bits per heavy atom. The summed E-state index contributed by atoms with van der Waals surface area (Å²) in [5.74, 6) is -0.261. The van der Waals surface area contributed by atoms with Gasteiger partial charge in [0.15, 0.2) is 0 Å². The normalized spacial score (nSPS) is 17.4. The van der Waals surface area contributed by atoms with E-state index in [0.29, 0.717) is 0 Å². The lowest BCUT2D eigenvalue weighted by molar-refractivity contribution is -0.122. The van der Waals surface area contributed by atoms with Crippen molar-refractivity contribution in [1.82, 2.24) is 14.5 Å². The minimum absolute atomic E-state index is 0.127. The molecule has 8 heteroatoms. The van der Waals surface area contributed by atoms with E-state index in [4.69, 9.17) is 0 Å². The molecule has 0 unspecified atom stereocenters. The second-order valence-corrected chi connectivity index (χ2v) is 8.82. The summed E-state index contributed by atoms with van der Waals surface area (Å²) < 4.78 is 26.8. The van der Waals surface area contributed by atoms with Crippen LogP contribution >= 0.6 is 15.9 Å². The number of piperidine rings is 1. The summed E-state index contributed by atoms with van der Waals surface area (Å²) in [6, 6.07) is 6.50. The molecule has 1 N–H and O–H groups in total. The molecule has 6 nitrogen and oxygen atoms in total. The van der Waals surface area contributed by atoms with Crippen molar-refractivity contribution in [1.29, 1.82) is 0 Å². The summed E-state index contributed by atoms with van der Waals surface area (Å²) in [6.07, 6.45) is 1.79. The fourth-order valence-corrected chi connectivity index (χ4v) is 3.89. The molecule has 1 heterocycles. The third-order valence-corrected chi connectivity index (χ3v) is 6.32. The zero-order valence-corrected chi connectivity index (χ0v) is 15.7. The number of hydrogen-bond donors (Lipinski definition) is 1. The maximum atomic E-state index is 12.4. The van der Waals surface area contributed by atoms with Gasteiger partial charge in [-0.1, -0.05) is 15.9 Å². The molecule has 1 aliphatic heterocycles. The summed E-state index contributed by atoms with van der Waals surface area (Å²) in [5, 5.41) is 2.92. The van der Waals surface area contributed by atoms with Crippen LogP contribution in [0.25, 0.3) is 0 Å². The highest BCUT2D eigenvalue weighted by atomic mass is 79.9. The minimum atomic E-state index is -3.66. The van der Waals surface area contributed by atoms with E-state index in [-0.39, 0.29) is 23.4 Å². The molecule has 128 valence electrons. The number of rotatable bonds is 5. The number of nitrogens with zero attached hydrogens (tertiary/aromatic N) is 2. The number of benzene rings is 1. The van der Waals surface area contributed by atoms with Crippen molar-refractivity contribution in [3.63, 3.8) is 0 Å². The van der Waals surface area contributed by atoms with E-state index >= 15 is 0 Å². The van der Waals surface area contributed by atoms with Gasteiger partial charge in [-0.15, -0.1) is 0 Å². The number of nitrogens with one attached hydrogen (secondary N) is 1. The molecule has 0 aliphatic carbocycles. The minimum Gasteiger partial charge on any atom is -0.352 e. The van der Waals surface area contributed by atoms with Gasteiger partial charge in [0.05, 0.1) is 11.4 Å². The molecular formula is C15H22BrN3O3S. The van der Waals surface area contributed by atoms with Crippen LogP contribution in [0, 0.1) is 0 Å². The summed E-state index contributed by atoms with van der Waals surface area (Å²) in [6.45, 7) is 1.71. The number of carbonyl (C=O) groups excluding carboxylic acids is 1. The van der Waals surface area contributed by atoms with Gasteiger partial charge in [0.1, 0.15) is 0 Å². The standard InChI is InChI=1S/C15H22BrN3O3S/c1-18-9-7-13(8-10-18)17-15(20)11-19(2)23(21,22)14-5-3-12(16)4-6-14/h3-6,13H,7-11H2,1-2H3,(H,17,20). The van der Waals surface area contributed by atoms with Gasteiger partial charge in [0, 0.05) is 17.6 Å². The maximum Gasteiger partial charge on any atom is 0.243 e. The van der Waals surface area contributed by atoms with Crippen LogP contribution in [-0.2, 0) is 14.8 Å². The van der Waals surface area contributed by atoms with E-state index in [1.54, 1.807) is 12.1 Å². The van der Waals surface area contributed by atoms with Crippen molar-refractivity contribution in [2.24, 2.45) is 0 Å². The molecule has 0 radical (unpaired) electrons. The number of likely N-dealkylation sites (N-methyl/N-ethyl adjacent to an activating group) is 1. The molecule has 23 heavy (non-hydrogen) atoms. The van der Waals surface area contributed by atoms with Gasteiger partial charge < -0.3 is 10.2 Å². The summed E-state index contributed by atoms with van der Waals surface area (Å²) in [5.41, 5.74) is 0. The Labute approximate surface area is 146 Å². The molecule has 1 saturated heterocycles. The number of halogens is 1. The first-order valence-electron chi connectivity index (χ1n) is 7.49. The van der Waals surface area contributed by atoms with Crippen LogP contribution in [0.4, 0.5) is 0 Å². The molecule has 0 spiro atoms. The van der Waals surface area contributed by atoms with Crippen LogP contribution in [0.15, 0.2) is 33.6 Å². The molecule has 0 bridgehead atoms. The lowest BCUT2D eigenvalue weighted by atomic mass is 10.1. The molecule has 0 atom stereocenters. The van der Waals surface area contributed by atoms with Gasteiger partial charge >= 0.3 is 0 Å². The largest absolute Gasteiger partial charge is 0.352 e. The first-order valence-corrected chi connectivity index (χ1v) is 9.72. The maximum absolute atomic E-state index is 12.4. The lowest BCUT2D eigenvalue weighted by Crippen LogP contribution is -2.46. The van der Waals surface area contributed by atoms with Crippen LogP contribution in [0.1, 0.15) is 12.8 Å². The fourth-order valence-electron chi connectivity index (χ4n) is 2.50. The number of hydrogen-bond acceptors (Lipinski definition) is 4. The van der Waals surface area contributed by atoms with Gasteiger partial charge in [-0.25, -0.2) is 8.42 Å². The topological polar surface area (TPSA) is 69.7 Å². The van der Waals surface area contributed by atoms with E-state index in [1.807, 2.05) is 0 Å². The second kappa shape index (κ2) is 7.74. The highest BCUT2D eigenvalue weighted by Crippen LogP contribution is 2.17. The van der Waals surface area contributed by atoms with Crippen LogP contribution in [0.3, 0.4) is 0 Å². The Kier molecular flexibility index (Phi) is 6.19. The predicted octanol–water partition coefficient (Wildman–Crippen LogP) is 1.28. The van der Waals surface area contributed by atoms with Crippen LogP contribution in [0.2, 0.25) is 0 Å². The van der Waals surface area contributed by atoms with E-state index in [1.165, 1.54) is 19.2 Å². The number of likely N-dealkylation sites (tertiary alicyclic amines) is 1. The van der Waals surface area contributed by atoms with Crippen LogP contribution in [-0.4, -0.2) is 63.3 Å². The van der Waals surface area contributed by atoms with Gasteiger partial charge in [-0.05, 0) is 57.2 Å². The van der Waals surface area contributed by atoms with Gasteiger partial charge in [-0.2, -0.15) is 4.31 Å². The first-order chi connectivity index (χ1) is 10.8. The molecule has 1 amide bonds. The molecule has 1 aliphatic rings. The van der Waals surface area contributed by atoms with Crippen LogP contribution < -0.4 is 5.32 Å². The average Bonchev–Trinajstić information content (AvgIpc) is 2.50. The molecule has 1 aromatic carbocycles. The van der Waals surface area contributed by atoms with Crippen molar-refractivity contribution in [3.05, 3.63) is 28.7 Å². The van der Waals surface area contributed by atoms with Crippen molar-refractivity contribution in [2.75, 3.05) is 33.7 Å². The molecule has 1 aromatic rings. The van der Waals surface area contributed by atoms with E-state index in [0.717, 1.165) is 34.7 Å². The Hall–Kier alpha value is -0.960.